The second kappa shape index (κ2) is 5.01. The van der Waals surface area contributed by atoms with Crippen LogP contribution >= 0.6 is 0 Å². The van der Waals surface area contributed by atoms with E-state index in [1.54, 1.807) is 6.07 Å². The lowest BCUT2D eigenvalue weighted by Crippen LogP contribution is -2.04. The molecule has 0 unspecified atom stereocenters. The molecule has 0 fully saturated rings. The van der Waals surface area contributed by atoms with Crippen LogP contribution in [0.2, 0.25) is 0 Å². The fourth-order valence-corrected chi connectivity index (χ4v) is 4.07. The van der Waals surface area contributed by atoms with Gasteiger partial charge in [-0.1, -0.05) is 48.5 Å². The average molecular weight is 349 g/mol. The molecule has 0 atom stereocenters. The van der Waals surface area contributed by atoms with Crippen molar-refractivity contribution < 1.29 is 13.2 Å². The highest BCUT2D eigenvalue weighted by atomic mass is 19.4. The van der Waals surface area contributed by atoms with Crippen LogP contribution in [0, 0.1) is 0 Å². The zero-order chi connectivity index (χ0) is 18.1. The van der Waals surface area contributed by atoms with Gasteiger partial charge in [-0.3, -0.25) is 0 Å². The Morgan fingerprint density at radius 1 is 0.692 bits per heavy atom. The number of aromatic nitrogens is 1. The molecular formula is C22H14F3N. The van der Waals surface area contributed by atoms with E-state index in [9.17, 15) is 13.2 Å². The summed E-state index contributed by atoms with van der Waals surface area (Å²) in [5.41, 5.74) is 1.15. The molecule has 5 aromatic rings. The number of benzene rings is 4. The van der Waals surface area contributed by atoms with Crippen LogP contribution in [0.3, 0.4) is 0 Å². The molecule has 5 rings (SSSR count). The van der Waals surface area contributed by atoms with E-state index >= 15 is 0 Å². The summed E-state index contributed by atoms with van der Waals surface area (Å²) in [6.07, 6.45) is -4.36. The normalized spacial score (nSPS) is 12.6. The third-order valence-corrected chi connectivity index (χ3v) is 5.20. The van der Waals surface area contributed by atoms with Crippen molar-refractivity contribution in [2.75, 3.05) is 0 Å². The predicted molar refractivity (Wildman–Crippen MR) is 100 cm³/mol. The fraction of sp³-hybridized carbons (Fsp3) is 0.0909. The van der Waals surface area contributed by atoms with Crippen molar-refractivity contribution in [2.24, 2.45) is 7.05 Å². The Balaban J connectivity index is 2.13. The first-order valence-electron chi connectivity index (χ1n) is 8.35. The van der Waals surface area contributed by atoms with Crippen molar-refractivity contribution >= 4 is 43.4 Å². The number of aryl methyl sites for hydroxylation is 1. The minimum absolute atomic E-state index is 0.616. The molecule has 0 N–H and O–H groups in total. The number of hydrogen-bond acceptors (Lipinski definition) is 0. The Morgan fingerprint density at radius 2 is 1.27 bits per heavy atom. The summed E-state index contributed by atoms with van der Waals surface area (Å²) < 4.78 is 41.8. The fourth-order valence-electron chi connectivity index (χ4n) is 4.07. The third-order valence-electron chi connectivity index (χ3n) is 5.20. The summed E-state index contributed by atoms with van der Waals surface area (Å²) in [6.45, 7) is 0. The van der Waals surface area contributed by atoms with E-state index in [4.69, 9.17) is 0 Å². The molecule has 26 heavy (non-hydrogen) atoms. The van der Waals surface area contributed by atoms with Crippen molar-refractivity contribution in [1.29, 1.82) is 0 Å². The molecule has 1 aromatic heterocycles. The van der Waals surface area contributed by atoms with Gasteiger partial charge in [0.1, 0.15) is 0 Å². The van der Waals surface area contributed by atoms with Gasteiger partial charge < -0.3 is 4.57 Å². The highest BCUT2D eigenvalue weighted by Crippen LogP contribution is 2.42. The van der Waals surface area contributed by atoms with Gasteiger partial charge in [0.05, 0.1) is 11.1 Å². The van der Waals surface area contributed by atoms with Gasteiger partial charge in [-0.05, 0) is 34.4 Å². The molecule has 0 amide bonds. The molecule has 0 aliphatic carbocycles. The van der Waals surface area contributed by atoms with Gasteiger partial charge in [0, 0.05) is 28.7 Å². The highest BCUT2D eigenvalue weighted by molar-refractivity contribution is 6.31. The molecule has 0 saturated carbocycles. The van der Waals surface area contributed by atoms with Crippen LogP contribution in [-0.4, -0.2) is 4.57 Å². The zero-order valence-corrected chi connectivity index (χ0v) is 13.9. The van der Waals surface area contributed by atoms with Crippen LogP contribution in [0.1, 0.15) is 5.56 Å². The zero-order valence-electron chi connectivity index (χ0n) is 13.9. The molecule has 0 spiro atoms. The van der Waals surface area contributed by atoms with E-state index in [1.807, 2.05) is 54.1 Å². The number of rotatable bonds is 0. The monoisotopic (exact) mass is 349 g/mol. The molecule has 0 bridgehead atoms. The van der Waals surface area contributed by atoms with Crippen molar-refractivity contribution in [3.05, 3.63) is 72.3 Å². The number of hydrogen-bond donors (Lipinski definition) is 0. The van der Waals surface area contributed by atoms with Gasteiger partial charge in [0.25, 0.3) is 0 Å². The molecular weight excluding hydrogens is 335 g/mol. The average Bonchev–Trinajstić information content (AvgIpc) is 2.94. The van der Waals surface area contributed by atoms with Crippen molar-refractivity contribution in [3.63, 3.8) is 0 Å². The highest BCUT2D eigenvalue weighted by Gasteiger charge is 2.31. The lowest BCUT2D eigenvalue weighted by Gasteiger charge is -2.09. The van der Waals surface area contributed by atoms with Crippen LogP contribution in [0.4, 0.5) is 13.2 Å². The standard InChI is InChI=1S/C22H14F3N/c1-26-19-11-10-13(22(23,24)25)12-18(19)20-16-8-4-2-6-14(16)15-7-3-5-9-17(15)21(20)26/h2-12H,1H3. The van der Waals surface area contributed by atoms with E-state index in [0.29, 0.717) is 5.39 Å². The van der Waals surface area contributed by atoms with Crippen LogP contribution in [-0.2, 0) is 13.2 Å². The second-order valence-electron chi connectivity index (χ2n) is 6.60. The van der Waals surface area contributed by atoms with E-state index < -0.39 is 11.7 Å². The molecule has 0 radical (unpaired) electrons. The quantitative estimate of drug-likeness (QED) is 0.276. The summed E-state index contributed by atoms with van der Waals surface area (Å²) in [6, 6.07) is 20.0. The Labute approximate surface area is 147 Å². The Hall–Kier alpha value is -3.01. The van der Waals surface area contributed by atoms with E-state index in [1.165, 1.54) is 6.07 Å². The summed E-state index contributed by atoms with van der Waals surface area (Å²) >= 11 is 0. The van der Waals surface area contributed by atoms with Gasteiger partial charge in [-0.25, -0.2) is 0 Å². The van der Waals surface area contributed by atoms with Crippen molar-refractivity contribution in [1.82, 2.24) is 4.57 Å². The Morgan fingerprint density at radius 3 is 1.92 bits per heavy atom. The molecule has 4 heteroatoms. The summed E-state index contributed by atoms with van der Waals surface area (Å²) in [5, 5.41) is 5.71. The van der Waals surface area contributed by atoms with Crippen LogP contribution in [0.15, 0.2) is 66.7 Å². The lowest BCUT2D eigenvalue weighted by atomic mass is 9.96. The van der Waals surface area contributed by atoms with Gasteiger partial charge in [-0.15, -0.1) is 0 Å². The maximum Gasteiger partial charge on any atom is 0.416 e. The van der Waals surface area contributed by atoms with Crippen LogP contribution < -0.4 is 0 Å². The van der Waals surface area contributed by atoms with Gasteiger partial charge in [-0.2, -0.15) is 13.2 Å². The van der Waals surface area contributed by atoms with Gasteiger partial charge >= 0.3 is 6.18 Å². The molecule has 1 heterocycles. The van der Waals surface area contributed by atoms with Crippen LogP contribution in [0.25, 0.3) is 43.4 Å². The maximum atomic E-state index is 13.3. The summed E-state index contributed by atoms with van der Waals surface area (Å²) in [4.78, 5) is 0. The molecule has 0 saturated heterocycles. The third kappa shape index (κ3) is 1.93. The van der Waals surface area contributed by atoms with Gasteiger partial charge in [0.2, 0.25) is 0 Å². The molecule has 128 valence electrons. The lowest BCUT2D eigenvalue weighted by molar-refractivity contribution is -0.137. The van der Waals surface area contributed by atoms with E-state index in [-0.39, 0.29) is 0 Å². The summed E-state index contributed by atoms with van der Waals surface area (Å²) in [5.74, 6) is 0. The Kier molecular flexibility index (Phi) is 2.94. The Bertz CT molecular complexity index is 1330. The largest absolute Gasteiger partial charge is 0.416 e. The minimum Gasteiger partial charge on any atom is -0.343 e. The first-order valence-corrected chi connectivity index (χ1v) is 8.35. The molecule has 0 aliphatic heterocycles. The molecule has 0 aliphatic rings. The first kappa shape index (κ1) is 15.3. The molecule has 4 aromatic carbocycles. The number of halogens is 3. The molecule has 1 nitrogen and oxygen atoms in total. The summed E-state index contributed by atoms with van der Waals surface area (Å²) in [7, 11) is 1.92. The number of nitrogens with zero attached hydrogens (tertiary/aromatic N) is 1. The second-order valence-corrected chi connectivity index (χ2v) is 6.60. The van der Waals surface area contributed by atoms with Crippen molar-refractivity contribution in [3.8, 4) is 0 Å². The predicted octanol–water partition coefficient (Wildman–Crippen LogP) is 6.66. The topological polar surface area (TPSA) is 4.93 Å². The smallest absolute Gasteiger partial charge is 0.343 e. The number of fused-ring (bicyclic) bond motifs is 8. The van der Waals surface area contributed by atoms with Gasteiger partial charge in [0.15, 0.2) is 0 Å². The van der Waals surface area contributed by atoms with E-state index in [2.05, 4.69) is 6.07 Å². The van der Waals surface area contributed by atoms with E-state index in [0.717, 1.165) is 44.0 Å². The number of alkyl halides is 3. The maximum absolute atomic E-state index is 13.3. The van der Waals surface area contributed by atoms with Crippen LogP contribution in [0.5, 0.6) is 0 Å². The minimum atomic E-state index is -4.36. The van der Waals surface area contributed by atoms with Crippen molar-refractivity contribution in [2.45, 2.75) is 6.18 Å². The first-order chi connectivity index (χ1) is 12.5. The SMILES string of the molecule is Cn1c2ccc(C(F)(F)F)cc2c2c3ccccc3c3ccccc3c21.